The van der Waals surface area contributed by atoms with Crippen molar-refractivity contribution in [2.24, 2.45) is 0 Å². The van der Waals surface area contributed by atoms with E-state index in [0.29, 0.717) is 11.6 Å². The van der Waals surface area contributed by atoms with Crippen LogP contribution in [-0.4, -0.2) is 4.98 Å². The molecule has 0 saturated heterocycles. The third-order valence-corrected chi connectivity index (χ3v) is 3.28. The standard InChI is InChI=1S/C14H11BrN2O2/c15-11-2-1-3-12-14(11)19-13(17-12)8-18-10-6-4-9(16)5-7-10/h1-7H,8,16H2. The number of hydrogen-bond acceptors (Lipinski definition) is 4. The smallest absolute Gasteiger partial charge is 0.233 e. The summed E-state index contributed by atoms with van der Waals surface area (Å²) in [5, 5.41) is 0. The van der Waals surface area contributed by atoms with Crippen LogP contribution in [0.2, 0.25) is 0 Å². The number of benzene rings is 2. The molecule has 5 heteroatoms. The van der Waals surface area contributed by atoms with Gasteiger partial charge in [0, 0.05) is 5.69 Å². The Morgan fingerprint density at radius 3 is 2.68 bits per heavy atom. The molecule has 4 nitrogen and oxygen atoms in total. The summed E-state index contributed by atoms with van der Waals surface area (Å²) in [5.74, 6) is 1.27. The fourth-order valence-electron chi connectivity index (χ4n) is 1.73. The van der Waals surface area contributed by atoms with Gasteiger partial charge in [-0.05, 0) is 52.3 Å². The number of fused-ring (bicyclic) bond motifs is 1. The molecule has 0 aliphatic rings. The molecule has 0 amide bonds. The molecule has 0 atom stereocenters. The molecule has 0 bridgehead atoms. The Morgan fingerprint density at radius 1 is 1.16 bits per heavy atom. The third kappa shape index (κ3) is 2.56. The van der Waals surface area contributed by atoms with Crippen molar-refractivity contribution in [2.75, 3.05) is 5.73 Å². The number of nitrogen functional groups attached to an aromatic ring is 1. The zero-order valence-electron chi connectivity index (χ0n) is 9.97. The summed E-state index contributed by atoms with van der Waals surface area (Å²) in [6, 6.07) is 12.9. The molecule has 0 saturated carbocycles. The lowest BCUT2D eigenvalue weighted by atomic mass is 10.3. The first-order valence-electron chi connectivity index (χ1n) is 5.74. The van der Waals surface area contributed by atoms with Crippen molar-refractivity contribution in [1.82, 2.24) is 4.98 Å². The molecular weight excluding hydrogens is 308 g/mol. The molecule has 96 valence electrons. The number of para-hydroxylation sites is 1. The van der Waals surface area contributed by atoms with E-state index >= 15 is 0 Å². The molecule has 19 heavy (non-hydrogen) atoms. The Morgan fingerprint density at radius 2 is 1.95 bits per heavy atom. The van der Waals surface area contributed by atoms with Crippen molar-refractivity contribution in [3.05, 3.63) is 52.8 Å². The average Bonchev–Trinajstić information content (AvgIpc) is 2.83. The van der Waals surface area contributed by atoms with E-state index in [-0.39, 0.29) is 6.61 Å². The lowest BCUT2D eigenvalue weighted by Gasteiger charge is -2.03. The summed E-state index contributed by atoms with van der Waals surface area (Å²) in [4.78, 5) is 4.36. The first kappa shape index (κ1) is 12.0. The molecule has 2 N–H and O–H groups in total. The van der Waals surface area contributed by atoms with Crippen molar-refractivity contribution in [3.63, 3.8) is 0 Å². The summed E-state index contributed by atoms with van der Waals surface area (Å²) in [7, 11) is 0. The Bertz CT molecular complexity index is 707. The quantitative estimate of drug-likeness (QED) is 0.747. The largest absolute Gasteiger partial charge is 0.484 e. The highest BCUT2D eigenvalue weighted by Gasteiger charge is 2.08. The van der Waals surface area contributed by atoms with Crippen LogP contribution in [-0.2, 0) is 6.61 Å². The lowest BCUT2D eigenvalue weighted by molar-refractivity contribution is 0.267. The van der Waals surface area contributed by atoms with E-state index < -0.39 is 0 Å². The maximum absolute atomic E-state index is 5.64. The van der Waals surface area contributed by atoms with Crippen LogP contribution in [0, 0.1) is 0 Å². The van der Waals surface area contributed by atoms with Gasteiger partial charge in [-0.15, -0.1) is 0 Å². The number of ether oxygens (including phenoxy) is 1. The molecule has 0 spiro atoms. The maximum Gasteiger partial charge on any atom is 0.233 e. The SMILES string of the molecule is Nc1ccc(OCc2nc3cccc(Br)c3o2)cc1. The average molecular weight is 319 g/mol. The van der Waals surface area contributed by atoms with E-state index in [2.05, 4.69) is 20.9 Å². The zero-order chi connectivity index (χ0) is 13.2. The number of nitrogens with zero attached hydrogens (tertiary/aromatic N) is 1. The van der Waals surface area contributed by atoms with Crippen molar-refractivity contribution >= 4 is 32.7 Å². The Balaban J connectivity index is 1.78. The predicted molar refractivity (Wildman–Crippen MR) is 76.9 cm³/mol. The molecule has 0 fully saturated rings. The topological polar surface area (TPSA) is 61.3 Å². The second-order valence-electron chi connectivity index (χ2n) is 4.05. The Kier molecular flexibility index (Phi) is 3.13. The highest BCUT2D eigenvalue weighted by Crippen LogP contribution is 2.25. The number of oxazole rings is 1. The van der Waals surface area contributed by atoms with Gasteiger partial charge in [0.15, 0.2) is 12.2 Å². The first-order valence-corrected chi connectivity index (χ1v) is 6.54. The van der Waals surface area contributed by atoms with Crippen molar-refractivity contribution in [3.8, 4) is 5.75 Å². The minimum atomic E-state index is 0.283. The van der Waals surface area contributed by atoms with Crippen molar-refractivity contribution < 1.29 is 9.15 Å². The van der Waals surface area contributed by atoms with Gasteiger partial charge in [-0.25, -0.2) is 4.98 Å². The summed E-state index contributed by atoms with van der Waals surface area (Å²) < 4.78 is 12.1. The third-order valence-electron chi connectivity index (χ3n) is 2.65. The fraction of sp³-hybridized carbons (Fsp3) is 0.0714. The van der Waals surface area contributed by atoms with E-state index in [4.69, 9.17) is 14.9 Å². The second kappa shape index (κ2) is 4.93. The van der Waals surface area contributed by atoms with Gasteiger partial charge in [0.2, 0.25) is 5.89 Å². The predicted octanol–water partition coefficient (Wildman–Crippen LogP) is 3.75. The van der Waals surface area contributed by atoms with Gasteiger partial charge < -0.3 is 14.9 Å². The summed E-state index contributed by atoms with van der Waals surface area (Å²) in [6.07, 6.45) is 0. The van der Waals surface area contributed by atoms with Crippen LogP contribution >= 0.6 is 15.9 Å². The van der Waals surface area contributed by atoms with Crippen LogP contribution in [0.4, 0.5) is 5.69 Å². The molecule has 1 aromatic heterocycles. The Hall–Kier alpha value is -2.01. The van der Waals surface area contributed by atoms with Gasteiger partial charge in [-0.3, -0.25) is 0 Å². The molecule has 1 heterocycles. The van der Waals surface area contributed by atoms with Crippen molar-refractivity contribution in [2.45, 2.75) is 6.61 Å². The zero-order valence-corrected chi connectivity index (χ0v) is 11.6. The van der Waals surface area contributed by atoms with Gasteiger partial charge in [-0.1, -0.05) is 6.07 Å². The van der Waals surface area contributed by atoms with Crippen LogP contribution in [0.15, 0.2) is 51.4 Å². The number of nitrogens with two attached hydrogens (primary N) is 1. The highest BCUT2D eigenvalue weighted by atomic mass is 79.9. The molecule has 0 unspecified atom stereocenters. The first-order chi connectivity index (χ1) is 9.22. The second-order valence-corrected chi connectivity index (χ2v) is 4.91. The highest BCUT2D eigenvalue weighted by molar-refractivity contribution is 9.10. The van der Waals surface area contributed by atoms with Crippen LogP contribution in [0.3, 0.4) is 0 Å². The molecule has 0 aliphatic heterocycles. The minimum Gasteiger partial charge on any atom is -0.484 e. The number of halogens is 1. The van der Waals surface area contributed by atoms with Crippen LogP contribution in [0.5, 0.6) is 5.75 Å². The van der Waals surface area contributed by atoms with Gasteiger partial charge in [0.1, 0.15) is 11.3 Å². The number of rotatable bonds is 3. The molecule has 3 rings (SSSR count). The summed E-state index contributed by atoms with van der Waals surface area (Å²) in [6.45, 7) is 0.283. The van der Waals surface area contributed by atoms with E-state index in [9.17, 15) is 0 Å². The van der Waals surface area contributed by atoms with E-state index in [1.54, 1.807) is 12.1 Å². The van der Waals surface area contributed by atoms with Gasteiger partial charge in [0.05, 0.1) is 4.47 Å². The number of anilines is 1. The molecular formula is C14H11BrN2O2. The summed E-state index contributed by atoms with van der Waals surface area (Å²) in [5.41, 5.74) is 7.86. The Labute approximate surface area is 118 Å². The molecule has 0 radical (unpaired) electrons. The summed E-state index contributed by atoms with van der Waals surface area (Å²) >= 11 is 3.43. The minimum absolute atomic E-state index is 0.283. The molecule has 3 aromatic rings. The van der Waals surface area contributed by atoms with Gasteiger partial charge in [0.25, 0.3) is 0 Å². The number of aromatic nitrogens is 1. The monoisotopic (exact) mass is 318 g/mol. The van der Waals surface area contributed by atoms with E-state index in [1.165, 1.54) is 0 Å². The fourth-order valence-corrected chi connectivity index (χ4v) is 2.17. The lowest BCUT2D eigenvalue weighted by Crippen LogP contribution is -1.95. The molecule has 2 aromatic carbocycles. The van der Waals surface area contributed by atoms with Crippen LogP contribution < -0.4 is 10.5 Å². The van der Waals surface area contributed by atoms with E-state index in [0.717, 1.165) is 21.3 Å². The van der Waals surface area contributed by atoms with Crippen LogP contribution in [0.25, 0.3) is 11.1 Å². The number of hydrogen-bond donors (Lipinski definition) is 1. The van der Waals surface area contributed by atoms with Gasteiger partial charge >= 0.3 is 0 Å². The van der Waals surface area contributed by atoms with E-state index in [1.807, 2.05) is 30.3 Å². The maximum atomic E-state index is 5.64. The molecule has 0 aliphatic carbocycles. The van der Waals surface area contributed by atoms with Crippen LogP contribution in [0.1, 0.15) is 5.89 Å². The van der Waals surface area contributed by atoms with Crippen molar-refractivity contribution in [1.29, 1.82) is 0 Å². The van der Waals surface area contributed by atoms with Gasteiger partial charge in [-0.2, -0.15) is 0 Å². The normalized spacial score (nSPS) is 10.8.